The van der Waals surface area contributed by atoms with Crippen molar-refractivity contribution in [3.05, 3.63) is 29.8 Å². The molecule has 0 aliphatic heterocycles. The van der Waals surface area contributed by atoms with E-state index in [1.165, 1.54) is 0 Å². The molecular weight excluding hydrogens is 228 g/mol. The fraction of sp³-hybridized carbons (Fsp3) is 0.385. The third-order valence-corrected chi connectivity index (χ3v) is 2.51. The minimum absolute atomic E-state index is 0.0193. The largest absolute Gasteiger partial charge is 0.334 e. The van der Waals surface area contributed by atoms with E-state index in [4.69, 9.17) is 11.0 Å². The van der Waals surface area contributed by atoms with Crippen LogP contribution in [0.5, 0.6) is 0 Å². The van der Waals surface area contributed by atoms with Gasteiger partial charge in [-0.2, -0.15) is 5.26 Å². The van der Waals surface area contributed by atoms with Crippen molar-refractivity contribution in [2.24, 2.45) is 5.73 Å². The van der Waals surface area contributed by atoms with Gasteiger partial charge in [0.1, 0.15) is 0 Å². The zero-order valence-corrected chi connectivity index (χ0v) is 10.4. The number of nitriles is 1. The van der Waals surface area contributed by atoms with E-state index in [1.54, 1.807) is 24.3 Å². The molecule has 4 N–H and O–H groups in total. The molecule has 2 amide bonds. The fourth-order valence-corrected chi connectivity index (χ4v) is 1.62. The number of nitrogens with two attached hydrogens (primary N) is 1. The zero-order chi connectivity index (χ0) is 13.4. The highest BCUT2D eigenvalue weighted by Crippen LogP contribution is 2.09. The van der Waals surface area contributed by atoms with Crippen LogP contribution >= 0.6 is 0 Å². The smallest absolute Gasteiger partial charge is 0.319 e. The third kappa shape index (κ3) is 4.44. The van der Waals surface area contributed by atoms with Gasteiger partial charge in [0.05, 0.1) is 11.6 Å². The van der Waals surface area contributed by atoms with E-state index in [0.717, 1.165) is 12.8 Å². The van der Waals surface area contributed by atoms with Gasteiger partial charge in [0.2, 0.25) is 0 Å². The van der Waals surface area contributed by atoms with Crippen molar-refractivity contribution in [2.75, 3.05) is 11.9 Å². The predicted molar refractivity (Wildman–Crippen MR) is 71.1 cm³/mol. The van der Waals surface area contributed by atoms with Gasteiger partial charge in [0.25, 0.3) is 0 Å². The Hall–Kier alpha value is -2.06. The molecule has 0 saturated heterocycles. The molecule has 0 aromatic heterocycles. The lowest BCUT2D eigenvalue weighted by atomic mass is 10.2. The number of carbonyl (C=O) groups excluding carboxylic acids is 1. The second-order valence-electron chi connectivity index (χ2n) is 4.01. The van der Waals surface area contributed by atoms with Gasteiger partial charge in [-0.25, -0.2) is 4.79 Å². The van der Waals surface area contributed by atoms with Crippen molar-refractivity contribution in [1.29, 1.82) is 5.26 Å². The molecule has 0 radical (unpaired) electrons. The number of hydrogen-bond donors (Lipinski definition) is 3. The summed E-state index contributed by atoms with van der Waals surface area (Å²) in [6.07, 6.45) is 1.81. The highest BCUT2D eigenvalue weighted by molar-refractivity contribution is 5.89. The van der Waals surface area contributed by atoms with E-state index >= 15 is 0 Å². The minimum atomic E-state index is -0.297. The Morgan fingerprint density at radius 3 is 2.94 bits per heavy atom. The highest BCUT2D eigenvalue weighted by atomic mass is 16.2. The van der Waals surface area contributed by atoms with Crippen LogP contribution < -0.4 is 16.4 Å². The summed E-state index contributed by atoms with van der Waals surface area (Å²) < 4.78 is 0. The van der Waals surface area contributed by atoms with E-state index in [2.05, 4.69) is 10.6 Å². The summed E-state index contributed by atoms with van der Waals surface area (Å²) in [4.78, 5) is 11.7. The van der Waals surface area contributed by atoms with Gasteiger partial charge in [0.15, 0.2) is 0 Å². The van der Waals surface area contributed by atoms with E-state index in [9.17, 15) is 4.79 Å². The van der Waals surface area contributed by atoms with Crippen LogP contribution in [0.2, 0.25) is 0 Å². The number of benzene rings is 1. The standard InChI is InChI=1S/C13H18N4O/c1-2-4-12(9-15)17-13(18)16-11-6-3-5-10(7-11)8-14/h3,5-7,12H,2,4,9,15H2,1H3,(H2,16,17,18). The van der Waals surface area contributed by atoms with Crippen LogP contribution in [0.3, 0.4) is 0 Å². The molecule has 0 bridgehead atoms. The number of nitrogens with one attached hydrogen (secondary N) is 2. The first kappa shape index (κ1) is 14.0. The SMILES string of the molecule is CCCC(CN)NC(=O)Nc1cccc(C#N)c1. The Labute approximate surface area is 107 Å². The summed E-state index contributed by atoms with van der Waals surface area (Å²) in [6.45, 7) is 2.46. The lowest BCUT2D eigenvalue weighted by Crippen LogP contribution is -2.42. The normalized spacial score (nSPS) is 11.4. The van der Waals surface area contributed by atoms with Crippen LogP contribution in [0.4, 0.5) is 10.5 Å². The maximum absolute atomic E-state index is 11.7. The van der Waals surface area contributed by atoms with Crippen molar-refractivity contribution in [3.8, 4) is 6.07 Å². The van der Waals surface area contributed by atoms with Crippen LogP contribution in [0.1, 0.15) is 25.3 Å². The molecule has 0 aliphatic carbocycles. The fourth-order valence-electron chi connectivity index (χ4n) is 1.62. The number of amides is 2. The molecule has 1 rings (SSSR count). The Balaban J connectivity index is 2.56. The van der Waals surface area contributed by atoms with Crippen LogP contribution in [0.25, 0.3) is 0 Å². The molecule has 0 fully saturated rings. The molecule has 0 heterocycles. The zero-order valence-electron chi connectivity index (χ0n) is 10.4. The number of hydrogen-bond acceptors (Lipinski definition) is 3. The topological polar surface area (TPSA) is 90.9 Å². The summed E-state index contributed by atoms with van der Waals surface area (Å²) in [5, 5.41) is 14.2. The molecule has 1 aromatic carbocycles. The van der Waals surface area contributed by atoms with Crippen LogP contribution in [0, 0.1) is 11.3 Å². The second kappa shape index (κ2) is 7.30. The number of nitrogens with zero attached hydrogens (tertiary/aromatic N) is 1. The lowest BCUT2D eigenvalue weighted by Gasteiger charge is -2.16. The predicted octanol–water partition coefficient (Wildman–Crippen LogP) is 1.81. The first-order valence-electron chi connectivity index (χ1n) is 5.97. The molecule has 0 saturated carbocycles. The second-order valence-corrected chi connectivity index (χ2v) is 4.01. The van der Waals surface area contributed by atoms with Gasteiger partial charge in [-0.1, -0.05) is 19.4 Å². The van der Waals surface area contributed by atoms with Crippen LogP contribution in [-0.2, 0) is 0 Å². The first-order chi connectivity index (χ1) is 8.69. The Bertz CT molecular complexity index is 439. The monoisotopic (exact) mass is 246 g/mol. The Morgan fingerprint density at radius 1 is 1.56 bits per heavy atom. The maximum Gasteiger partial charge on any atom is 0.319 e. The third-order valence-electron chi connectivity index (χ3n) is 2.51. The van der Waals surface area contributed by atoms with Gasteiger partial charge in [-0.05, 0) is 24.6 Å². The van der Waals surface area contributed by atoms with Crippen LogP contribution in [0.15, 0.2) is 24.3 Å². The number of anilines is 1. The molecule has 1 atom stereocenters. The van der Waals surface area contributed by atoms with Crippen molar-refractivity contribution >= 4 is 11.7 Å². The van der Waals surface area contributed by atoms with E-state index in [-0.39, 0.29) is 12.1 Å². The maximum atomic E-state index is 11.7. The number of rotatable bonds is 5. The molecule has 5 heteroatoms. The van der Waals surface area contributed by atoms with Crippen molar-refractivity contribution in [1.82, 2.24) is 5.32 Å². The summed E-state index contributed by atoms with van der Waals surface area (Å²) in [5.41, 5.74) is 6.67. The van der Waals surface area contributed by atoms with Gasteiger partial charge in [0, 0.05) is 18.3 Å². The molecule has 0 aliphatic rings. The van der Waals surface area contributed by atoms with Gasteiger partial charge in [-0.15, -0.1) is 0 Å². The van der Waals surface area contributed by atoms with E-state index in [0.29, 0.717) is 17.8 Å². The van der Waals surface area contributed by atoms with Crippen molar-refractivity contribution in [2.45, 2.75) is 25.8 Å². The van der Waals surface area contributed by atoms with E-state index < -0.39 is 0 Å². The minimum Gasteiger partial charge on any atom is -0.334 e. The average Bonchev–Trinajstić information content (AvgIpc) is 2.38. The molecule has 1 aromatic rings. The van der Waals surface area contributed by atoms with Gasteiger partial charge in [-0.3, -0.25) is 0 Å². The molecule has 5 nitrogen and oxygen atoms in total. The lowest BCUT2D eigenvalue weighted by molar-refractivity contribution is 0.248. The molecule has 96 valence electrons. The summed E-state index contributed by atoms with van der Waals surface area (Å²) in [6, 6.07) is 8.47. The summed E-state index contributed by atoms with van der Waals surface area (Å²) in [5.74, 6) is 0. The average molecular weight is 246 g/mol. The molecular formula is C13H18N4O. The van der Waals surface area contributed by atoms with Crippen molar-refractivity contribution < 1.29 is 4.79 Å². The van der Waals surface area contributed by atoms with Gasteiger partial charge >= 0.3 is 6.03 Å². The van der Waals surface area contributed by atoms with E-state index in [1.807, 2.05) is 13.0 Å². The quantitative estimate of drug-likeness (QED) is 0.740. The van der Waals surface area contributed by atoms with Crippen LogP contribution in [-0.4, -0.2) is 18.6 Å². The molecule has 1 unspecified atom stereocenters. The number of urea groups is 1. The van der Waals surface area contributed by atoms with Gasteiger partial charge < -0.3 is 16.4 Å². The summed E-state index contributed by atoms with van der Waals surface area (Å²) in [7, 11) is 0. The Kier molecular flexibility index (Phi) is 5.68. The molecule has 18 heavy (non-hydrogen) atoms. The number of carbonyl (C=O) groups is 1. The van der Waals surface area contributed by atoms with Crippen molar-refractivity contribution in [3.63, 3.8) is 0 Å². The first-order valence-corrected chi connectivity index (χ1v) is 5.97. The Morgan fingerprint density at radius 2 is 2.33 bits per heavy atom. The summed E-state index contributed by atoms with van der Waals surface area (Å²) >= 11 is 0. The molecule has 0 spiro atoms. The highest BCUT2D eigenvalue weighted by Gasteiger charge is 2.09.